The number of hydrogen-bond donors (Lipinski definition) is 1. The molecule has 0 saturated carbocycles. The average Bonchev–Trinajstić information content (AvgIpc) is 2.63. The number of aromatic nitrogens is 1. The topological polar surface area (TPSA) is 67.2 Å². The first-order valence-corrected chi connectivity index (χ1v) is 7.10. The number of benzene rings is 1. The first-order valence-electron chi connectivity index (χ1n) is 7.10. The van der Waals surface area contributed by atoms with Crippen LogP contribution in [0.2, 0.25) is 0 Å². The normalized spacial score (nSPS) is 16.0. The summed E-state index contributed by atoms with van der Waals surface area (Å²) in [6.45, 7) is 0. The maximum absolute atomic E-state index is 8.86. The molecule has 5 heteroatoms. The molecule has 1 aromatic heterocycles. The van der Waals surface area contributed by atoms with Gasteiger partial charge in [0, 0.05) is 23.5 Å². The molecule has 0 aliphatic carbocycles. The van der Waals surface area contributed by atoms with Crippen molar-refractivity contribution in [3.8, 4) is 17.6 Å². The number of hydrogen-bond acceptors (Lipinski definition) is 5. The molecule has 0 saturated heterocycles. The van der Waals surface area contributed by atoms with Gasteiger partial charge < -0.3 is 14.8 Å². The minimum Gasteiger partial charge on any atom is -0.496 e. The number of dihydropyridines is 1. The van der Waals surface area contributed by atoms with E-state index in [1.165, 1.54) is 0 Å². The SMILES string of the molecule is COc1ccncc1C1=CC=CNC1Oc1ccc(C#N)cc1. The summed E-state index contributed by atoms with van der Waals surface area (Å²) in [6, 6.07) is 10.9. The Balaban J connectivity index is 1.88. The second-order valence-electron chi connectivity index (χ2n) is 4.86. The predicted octanol–water partition coefficient (Wildman–Crippen LogP) is 2.87. The number of ether oxygens (including phenoxy) is 2. The third-order valence-corrected chi connectivity index (χ3v) is 3.45. The lowest BCUT2D eigenvalue weighted by atomic mass is 10.0. The van der Waals surface area contributed by atoms with E-state index in [9.17, 15) is 0 Å². The van der Waals surface area contributed by atoms with Crippen LogP contribution >= 0.6 is 0 Å². The number of pyridine rings is 1. The van der Waals surface area contributed by atoms with E-state index in [1.54, 1.807) is 43.8 Å². The molecule has 1 unspecified atom stereocenters. The van der Waals surface area contributed by atoms with Gasteiger partial charge in [0.25, 0.3) is 0 Å². The lowest BCUT2D eigenvalue weighted by molar-refractivity contribution is 0.236. The van der Waals surface area contributed by atoms with Gasteiger partial charge in [-0.25, -0.2) is 0 Å². The average molecular weight is 305 g/mol. The Labute approximate surface area is 134 Å². The van der Waals surface area contributed by atoms with Gasteiger partial charge in [0.15, 0.2) is 6.23 Å². The molecule has 0 fully saturated rings. The summed E-state index contributed by atoms with van der Waals surface area (Å²) in [4.78, 5) is 4.17. The number of nitriles is 1. The summed E-state index contributed by atoms with van der Waals surface area (Å²) < 4.78 is 11.4. The van der Waals surface area contributed by atoms with Crippen LogP contribution in [0, 0.1) is 11.3 Å². The molecular weight excluding hydrogens is 290 g/mol. The third-order valence-electron chi connectivity index (χ3n) is 3.45. The fourth-order valence-corrected chi connectivity index (χ4v) is 2.32. The number of rotatable bonds is 4. The van der Waals surface area contributed by atoms with Crippen molar-refractivity contribution in [3.05, 3.63) is 72.2 Å². The van der Waals surface area contributed by atoms with Gasteiger partial charge in [-0.05, 0) is 42.6 Å². The summed E-state index contributed by atoms with van der Waals surface area (Å²) in [6.07, 6.45) is 8.75. The van der Waals surface area contributed by atoms with E-state index in [0.717, 1.165) is 16.9 Å². The van der Waals surface area contributed by atoms with Gasteiger partial charge in [0.1, 0.15) is 11.5 Å². The van der Waals surface area contributed by atoms with Gasteiger partial charge in [0.05, 0.1) is 18.7 Å². The summed E-state index contributed by atoms with van der Waals surface area (Å²) >= 11 is 0. The molecule has 0 amide bonds. The van der Waals surface area contributed by atoms with Crippen LogP contribution in [0.4, 0.5) is 0 Å². The molecule has 5 nitrogen and oxygen atoms in total. The van der Waals surface area contributed by atoms with Crippen LogP contribution in [0.15, 0.2) is 61.1 Å². The zero-order valence-electron chi connectivity index (χ0n) is 12.6. The van der Waals surface area contributed by atoms with Crippen molar-refractivity contribution in [2.24, 2.45) is 0 Å². The second kappa shape index (κ2) is 6.67. The number of allylic oxidation sites excluding steroid dienone is 2. The highest BCUT2D eigenvalue weighted by molar-refractivity contribution is 5.74. The molecule has 1 aliphatic heterocycles. The van der Waals surface area contributed by atoms with Crippen molar-refractivity contribution >= 4 is 5.57 Å². The lowest BCUT2D eigenvalue weighted by Crippen LogP contribution is -2.33. The van der Waals surface area contributed by atoms with Crippen molar-refractivity contribution in [3.63, 3.8) is 0 Å². The Bertz CT molecular complexity index is 789. The second-order valence-corrected chi connectivity index (χ2v) is 4.86. The number of nitrogens with one attached hydrogen (secondary N) is 1. The monoisotopic (exact) mass is 305 g/mol. The third kappa shape index (κ3) is 3.16. The Morgan fingerprint density at radius 2 is 2.04 bits per heavy atom. The highest BCUT2D eigenvalue weighted by Crippen LogP contribution is 2.30. The van der Waals surface area contributed by atoms with Gasteiger partial charge in [0.2, 0.25) is 0 Å². The largest absolute Gasteiger partial charge is 0.496 e. The van der Waals surface area contributed by atoms with E-state index in [0.29, 0.717) is 11.3 Å². The Morgan fingerprint density at radius 3 is 2.78 bits per heavy atom. The number of nitrogens with zero attached hydrogens (tertiary/aromatic N) is 2. The molecule has 23 heavy (non-hydrogen) atoms. The van der Waals surface area contributed by atoms with Crippen molar-refractivity contribution in [2.45, 2.75) is 6.23 Å². The van der Waals surface area contributed by atoms with Crippen molar-refractivity contribution in [1.29, 1.82) is 5.26 Å². The molecule has 1 aromatic carbocycles. The summed E-state index contributed by atoms with van der Waals surface area (Å²) in [5, 5.41) is 12.0. The molecule has 2 aromatic rings. The van der Waals surface area contributed by atoms with E-state index >= 15 is 0 Å². The first-order chi connectivity index (χ1) is 11.3. The van der Waals surface area contributed by atoms with Crippen molar-refractivity contribution in [2.75, 3.05) is 7.11 Å². The zero-order chi connectivity index (χ0) is 16.1. The maximum atomic E-state index is 8.86. The van der Waals surface area contributed by atoms with Gasteiger partial charge in [-0.3, -0.25) is 4.98 Å². The molecule has 1 N–H and O–H groups in total. The molecular formula is C18H15N3O2. The highest BCUT2D eigenvalue weighted by Gasteiger charge is 2.21. The molecule has 0 spiro atoms. The van der Waals surface area contributed by atoms with E-state index in [4.69, 9.17) is 14.7 Å². The van der Waals surface area contributed by atoms with Crippen LogP contribution in [0.3, 0.4) is 0 Å². The molecule has 114 valence electrons. The van der Waals surface area contributed by atoms with Crippen LogP contribution in [-0.2, 0) is 0 Å². The summed E-state index contributed by atoms with van der Waals surface area (Å²) in [5.41, 5.74) is 2.38. The quantitative estimate of drug-likeness (QED) is 0.940. The minimum atomic E-state index is -0.369. The van der Waals surface area contributed by atoms with Gasteiger partial charge >= 0.3 is 0 Å². The smallest absolute Gasteiger partial charge is 0.196 e. The molecule has 1 atom stereocenters. The maximum Gasteiger partial charge on any atom is 0.196 e. The minimum absolute atomic E-state index is 0.369. The van der Waals surface area contributed by atoms with E-state index in [-0.39, 0.29) is 6.23 Å². The highest BCUT2D eigenvalue weighted by atomic mass is 16.5. The van der Waals surface area contributed by atoms with Gasteiger partial charge in [-0.15, -0.1) is 0 Å². The lowest BCUT2D eigenvalue weighted by Gasteiger charge is -2.25. The van der Waals surface area contributed by atoms with E-state index in [2.05, 4.69) is 16.4 Å². The summed E-state index contributed by atoms with van der Waals surface area (Å²) in [5.74, 6) is 1.40. The van der Waals surface area contributed by atoms with Crippen LogP contribution in [0.1, 0.15) is 11.1 Å². The molecule has 0 radical (unpaired) electrons. The number of methoxy groups -OCH3 is 1. The Hall–Kier alpha value is -3.26. The molecule has 3 rings (SSSR count). The Morgan fingerprint density at radius 1 is 1.22 bits per heavy atom. The van der Waals surface area contributed by atoms with Crippen molar-refractivity contribution < 1.29 is 9.47 Å². The van der Waals surface area contributed by atoms with Crippen molar-refractivity contribution in [1.82, 2.24) is 10.3 Å². The standard InChI is InChI=1S/C18H15N3O2/c1-22-17-8-10-20-12-16(17)15-3-2-9-21-18(15)23-14-6-4-13(11-19)5-7-14/h2-10,12,18,21H,1H3. The van der Waals surface area contributed by atoms with Crippen LogP contribution < -0.4 is 14.8 Å². The summed E-state index contributed by atoms with van der Waals surface area (Å²) in [7, 11) is 1.63. The molecule has 0 bridgehead atoms. The predicted molar refractivity (Wildman–Crippen MR) is 86.6 cm³/mol. The fraction of sp³-hybridized carbons (Fsp3) is 0.111. The van der Waals surface area contributed by atoms with Gasteiger partial charge in [-0.1, -0.05) is 6.08 Å². The Kier molecular flexibility index (Phi) is 4.25. The van der Waals surface area contributed by atoms with Crippen LogP contribution in [0.5, 0.6) is 11.5 Å². The zero-order valence-corrected chi connectivity index (χ0v) is 12.6. The fourth-order valence-electron chi connectivity index (χ4n) is 2.32. The van der Waals surface area contributed by atoms with E-state index < -0.39 is 0 Å². The molecule has 1 aliphatic rings. The van der Waals surface area contributed by atoms with Crippen LogP contribution in [-0.4, -0.2) is 18.3 Å². The first kappa shape index (κ1) is 14.7. The molecule has 2 heterocycles. The van der Waals surface area contributed by atoms with Crippen LogP contribution in [0.25, 0.3) is 5.57 Å². The van der Waals surface area contributed by atoms with Gasteiger partial charge in [-0.2, -0.15) is 5.26 Å². The van der Waals surface area contributed by atoms with E-state index in [1.807, 2.05) is 24.4 Å².